The van der Waals surface area contributed by atoms with Gasteiger partial charge in [-0.05, 0) is 31.0 Å². The Bertz CT molecular complexity index is 728. The van der Waals surface area contributed by atoms with Gasteiger partial charge in [0, 0.05) is 6.42 Å². The first kappa shape index (κ1) is 14.8. The lowest BCUT2D eigenvalue weighted by Gasteiger charge is -2.18. The summed E-state index contributed by atoms with van der Waals surface area (Å²) in [5, 5.41) is 0. The fourth-order valence-corrected chi connectivity index (χ4v) is 3.12. The predicted octanol–water partition coefficient (Wildman–Crippen LogP) is 5.38. The molecule has 0 spiro atoms. The highest BCUT2D eigenvalue weighted by Crippen LogP contribution is 2.26. The van der Waals surface area contributed by atoms with Crippen LogP contribution >= 0.6 is 0 Å². The molecule has 1 atom stereocenters. The van der Waals surface area contributed by atoms with Gasteiger partial charge >= 0.3 is 0 Å². The van der Waals surface area contributed by atoms with Crippen molar-refractivity contribution in [3.8, 4) is 0 Å². The number of benzene rings is 2. The third kappa shape index (κ3) is 2.92. The zero-order valence-corrected chi connectivity index (χ0v) is 13.5. The summed E-state index contributed by atoms with van der Waals surface area (Å²) in [6.07, 6.45) is 4.78. The van der Waals surface area contributed by atoms with E-state index in [0.29, 0.717) is 6.04 Å². The second-order valence-electron chi connectivity index (χ2n) is 5.93. The first-order chi connectivity index (χ1) is 10.8. The zero-order valence-electron chi connectivity index (χ0n) is 13.5. The van der Waals surface area contributed by atoms with Gasteiger partial charge in [-0.15, -0.1) is 0 Å². The molecule has 0 saturated carbocycles. The SMILES string of the molecule is CCCCCc1nc2ccccc2n1[C@H](C)c1ccccc1. The monoisotopic (exact) mass is 292 g/mol. The second-order valence-corrected chi connectivity index (χ2v) is 5.93. The Balaban J connectivity index is 2.03. The molecular weight excluding hydrogens is 268 g/mol. The Labute approximate surface area is 132 Å². The lowest BCUT2D eigenvalue weighted by Crippen LogP contribution is -2.10. The molecule has 0 bridgehead atoms. The van der Waals surface area contributed by atoms with Crippen molar-refractivity contribution in [2.75, 3.05) is 0 Å². The molecule has 3 aromatic rings. The van der Waals surface area contributed by atoms with E-state index in [4.69, 9.17) is 4.98 Å². The molecule has 0 aliphatic heterocycles. The number of imidazole rings is 1. The van der Waals surface area contributed by atoms with Gasteiger partial charge < -0.3 is 4.57 Å². The molecule has 2 heteroatoms. The van der Waals surface area contributed by atoms with Gasteiger partial charge in [0.2, 0.25) is 0 Å². The van der Waals surface area contributed by atoms with Gasteiger partial charge in [0.25, 0.3) is 0 Å². The van der Waals surface area contributed by atoms with Crippen molar-refractivity contribution >= 4 is 11.0 Å². The van der Waals surface area contributed by atoms with Crippen molar-refractivity contribution in [3.05, 3.63) is 66.0 Å². The number of nitrogens with zero attached hydrogens (tertiary/aromatic N) is 2. The van der Waals surface area contributed by atoms with Gasteiger partial charge in [-0.25, -0.2) is 4.98 Å². The Hall–Kier alpha value is -2.09. The molecule has 2 nitrogen and oxygen atoms in total. The lowest BCUT2D eigenvalue weighted by atomic mass is 10.1. The highest BCUT2D eigenvalue weighted by atomic mass is 15.1. The van der Waals surface area contributed by atoms with E-state index in [2.05, 4.69) is 73.0 Å². The molecule has 114 valence electrons. The normalized spacial score (nSPS) is 12.6. The predicted molar refractivity (Wildman–Crippen MR) is 93.2 cm³/mol. The maximum atomic E-state index is 4.89. The maximum Gasteiger partial charge on any atom is 0.110 e. The summed E-state index contributed by atoms with van der Waals surface area (Å²) in [7, 11) is 0. The van der Waals surface area contributed by atoms with Gasteiger partial charge in [0.15, 0.2) is 0 Å². The van der Waals surface area contributed by atoms with Crippen LogP contribution in [0.15, 0.2) is 54.6 Å². The minimum atomic E-state index is 0.310. The number of hydrogen-bond acceptors (Lipinski definition) is 1. The van der Waals surface area contributed by atoms with E-state index < -0.39 is 0 Å². The quantitative estimate of drug-likeness (QED) is 0.558. The van der Waals surface area contributed by atoms with Crippen LogP contribution in [0.5, 0.6) is 0 Å². The van der Waals surface area contributed by atoms with Gasteiger partial charge in [-0.2, -0.15) is 0 Å². The third-order valence-electron chi connectivity index (χ3n) is 4.34. The Morgan fingerprint density at radius 1 is 0.955 bits per heavy atom. The number of aryl methyl sites for hydroxylation is 1. The number of unbranched alkanes of at least 4 members (excludes halogenated alkanes) is 2. The van der Waals surface area contributed by atoms with E-state index >= 15 is 0 Å². The van der Waals surface area contributed by atoms with Crippen molar-refractivity contribution in [3.63, 3.8) is 0 Å². The van der Waals surface area contributed by atoms with Crippen molar-refractivity contribution in [2.45, 2.75) is 45.6 Å². The molecule has 1 aromatic heterocycles. The lowest BCUT2D eigenvalue weighted by molar-refractivity contribution is 0.595. The first-order valence-corrected chi connectivity index (χ1v) is 8.32. The van der Waals surface area contributed by atoms with E-state index in [9.17, 15) is 0 Å². The van der Waals surface area contributed by atoms with Gasteiger partial charge in [0.1, 0.15) is 5.82 Å². The van der Waals surface area contributed by atoms with Gasteiger partial charge in [0.05, 0.1) is 17.1 Å². The second kappa shape index (κ2) is 6.78. The summed E-state index contributed by atoms with van der Waals surface area (Å²) in [6.45, 7) is 4.52. The summed E-state index contributed by atoms with van der Waals surface area (Å²) < 4.78 is 2.42. The van der Waals surface area contributed by atoms with E-state index in [1.165, 1.54) is 36.2 Å². The first-order valence-electron chi connectivity index (χ1n) is 8.32. The molecule has 0 radical (unpaired) electrons. The van der Waals surface area contributed by atoms with E-state index in [-0.39, 0.29) is 0 Å². The Morgan fingerprint density at radius 2 is 1.68 bits per heavy atom. The van der Waals surface area contributed by atoms with Crippen LogP contribution in [0.1, 0.15) is 50.5 Å². The summed E-state index contributed by atoms with van der Waals surface area (Å²) in [6, 6.07) is 19.5. The van der Waals surface area contributed by atoms with Gasteiger partial charge in [-0.1, -0.05) is 62.2 Å². The molecule has 0 saturated heterocycles. The molecular formula is C20H24N2. The molecule has 0 N–H and O–H groups in total. The highest BCUT2D eigenvalue weighted by Gasteiger charge is 2.16. The maximum absolute atomic E-state index is 4.89. The largest absolute Gasteiger partial charge is 0.321 e. The number of rotatable bonds is 6. The molecule has 0 fully saturated rings. The van der Waals surface area contributed by atoms with E-state index in [1.54, 1.807) is 0 Å². The fraction of sp³-hybridized carbons (Fsp3) is 0.350. The van der Waals surface area contributed by atoms with Crippen molar-refractivity contribution < 1.29 is 0 Å². The topological polar surface area (TPSA) is 17.8 Å². The minimum Gasteiger partial charge on any atom is -0.321 e. The molecule has 22 heavy (non-hydrogen) atoms. The number of fused-ring (bicyclic) bond motifs is 1. The van der Waals surface area contributed by atoms with Crippen molar-refractivity contribution in [1.29, 1.82) is 0 Å². The average molecular weight is 292 g/mol. The summed E-state index contributed by atoms with van der Waals surface area (Å²) >= 11 is 0. The fourth-order valence-electron chi connectivity index (χ4n) is 3.12. The molecule has 0 amide bonds. The van der Waals surface area contributed by atoms with Crippen LogP contribution in [0.3, 0.4) is 0 Å². The zero-order chi connectivity index (χ0) is 15.4. The van der Waals surface area contributed by atoms with Crippen LogP contribution in [0, 0.1) is 0 Å². The van der Waals surface area contributed by atoms with Crippen molar-refractivity contribution in [1.82, 2.24) is 9.55 Å². The molecule has 0 aliphatic rings. The number of hydrogen-bond donors (Lipinski definition) is 0. The summed E-state index contributed by atoms with van der Waals surface area (Å²) in [5.74, 6) is 1.21. The van der Waals surface area contributed by atoms with Crippen LogP contribution in [-0.4, -0.2) is 9.55 Å². The van der Waals surface area contributed by atoms with Crippen LogP contribution in [0.2, 0.25) is 0 Å². The number of para-hydroxylation sites is 2. The smallest absolute Gasteiger partial charge is 0.110 e. The van der Waals surface area contributed by atoms with Crippen LogP contribution in [-0.2, 0) is 6.42 Å². The van der Waals surface area contributed by atoms with Gasteiger partial charge in [-0.3, -0.25) is 0 Å². The summed E-state index contributed by atoms with van der Waals surface area (Å²) in [4.78, 5) is 4.89. The molecule has 0 aliphatic carbocycles. The highest BCUT2D eigenvalue weighted by molar-refractivity contribution is 5.76. The number of aromatic nitrogens is 2. The van der Waals surface area contributed by atoms with Crippen LogP contribution in [0.25, 0.3) is 11.0 Å². The Morgan fingerprint density at radius 3 is 2.45 bits per heavy atom. The van der Waals surface area contributed by atoms with Crippen LogP contribution < -0.4 is 0 Å². The third-order valence-corrected chi connectivity index (χ3v) is 4.34. The van der Waals surface area contributed by atoms with Crippen LogP contribution in [0.4, 0.5) is 0 Å². The standard InChI is InChI=1S/C20H24N2/c1-3-4-6-15-20-21-18-13-9-10-14-19(18)22(20)16(2)17-11-7-5-8-12-17/h5,7-14,16H,3-4,6,15H2,1-2H3/t16-/m1/s1. The minimum absolute atomic E-state index is 0.310. The van der Waals surface area contributed by atoms with E-state index in [0.717, 1.165) is 11.9 Å². The summed E-state index contributed by atoms with van der Waals surface area (Å²) in [5.41, 5.74) is 3.68. The average Bonchev–Trinajstić information content (AvgIpc) is 2.93. The molecule has 1 heterocycles. The molecule has 3 rings (SSSR count). The Kier molecular flexibility index (Phi) is 4.57. The van der Waals surface area contributed by atoms with E-state index in [1.807, 2.05) is 0 Å². The van der Waals surface area contributed by atoms with Crippen molar-refractivity contribution in [2.24, 2.45) is 0 Å². The molecule has 2 aromatic carbocycles. The molecule has 0 unspecified atom stereocenters.